The number of anilines is 1. The molecule has 0 amide bonds. The van der Waals surface area contributed by atoms with Gasteiger partial charge in [0.2, 0.25) is 0 Å². The minimum Gasteiger partial charge on any atom is -0.371 e. The first-order valence-corrected chi connectivity index (χ1v) is 4.73. The Morgan fingerprint density at radius 3 is 2.87 bits per heavy atom. The van der Waals surface area contributed by atoms with E-state index < -0.39 is 0 Å². The molecule has 0 fully saturated rings. The Hall–Kier alpha value is -1.97. The first-order valence-electron chi connectivity index (χ1n) is 4.73. The minimum atomic E-state index is 0.746. The standard InChI is InChI=1S/C11H12N4/c1-8-4-3-5-9(6-8)10-11(12-2)13-7-14-15-10/h3-7H,1-2H3,(H,12,13,14). The maximum atomic E-state index is 4.12. The van der Waals surface area contributed by atoms with Crippen LogP contribution in [0, 0.1) is 6.92 Å². The monoisotopic (exact) mass is 200 g/mol. The fourth-order valence-electron chi connectivity index (χ4n) is 1.45. The molecule has 4 nitrogen and oxygen atoms in total. The van der Waals surface area contributed by atoms with Gasteiger partial charge in [0, 0.05) is 12.6 Å². The summed E-state index contributed by atoms with van der Waals surface area (Å²) < 4.78 is 0. The quantitative estimate of drug-likeness (QED) is 0.804. The lowest BCUT2D eigenvalue weighted by Crippen LogP contribution is -1.99. The van der Waals surface area contributed by atoms with Crippen molar-refractivity contribution in [2.75, 3.05) is 12.4 Å². The molecule has 1 heterocycles. The molecular weight excluding hydrogens is 188 g/mol. The van der Waals surface area contributed by atoms with Gasteiger partial charge in [-0.25, -0.2) is 4.98 Å². The van der Waals surface area contributed by atoms with Crippen molar-refractivity contribution >= 4 is 5.82 Å². The molecule has 76 valence electrons. The molecule has 15 heavy (non-hydrogen) atoms. The van der Waals surface area contributed by atoms with Gasteiger partial charge in [-0.2, -0.15) is 0 Å². The summed E-state index contributed by atoms with van der Waals surface area (Å²) in [6.07, 6.45) is 1.44. The smallest absolute Gasteiger partial charge is 0.156 e. The zero-order valence-electron chi connectivity index (χ0n) is 8.73. The van der Waals surface area contributed by atoms with Crippen molar-refractivity contribution < 1.29 is 0 Å². The summed E-state index contributed by atoms with van der Waals surface area (Å²) >= 11 is 0. The number of aromatic nitrogens is 3. The Kier molecular flexibility index (Phi) is 2.58. The van der Waals surface area contributed by atoms with Gasteiger partial charge < -0.3 is 5.32 Å². The van der Waals surface area contributed by atoms with Crippen LogP contribution in [0.1, 0.15) is 5.56 Å². The van der Waals surface area contributed by atoms with Crippen LogP contribution < -0.4 is 5.32 Å². The van der Waals surface area contributed by atoms with Crippen LogP contribution in [0.2, 0.25) is 0 Å². The molecule has 4 heteroatoms. The second-order valence-corrected chi connectivity index (χ2v) is 3.28. The maximum Gasteiger partial charge on any atom is 0.156 e. The zero-order valence-corrected chi connectivity index (χ0v) is 8.73. The van der Waals surface area contributed by atoms with Crippen LogP contribution in [-0.2, 0) is 0 Å². The van der Waals surface area contributed by atoms with Crippen LogP contribution >= 0.6 is 0 Å². The number of rotatable bonds is 2. The second-order valence-electron chi connectivity index (χ2n) is 3.28. The lowest BCUT2D eigenvalue weighted by Gasteiger charge is -2.05. The van der Waals surface area contributed by atoms with Crippen LogP contribution in [0.4, 0.5) is 5.82 Å². The van der Waals surface area contributed by atoms with Gasteiger partial charge in [0.1, 0.15) is 12.0 Å². The highest BCUT2D eigenvalue weighted by molar-refractivity contribution is 5.70. The van der Waals surface area contributed by atoms with E-state index in [4.69, 9.17) is 0 Å². The Balaban J connectivity index is 2.53. The van der Waals surface area contributed by atoms with E-state index in [-0.39, 0.29) is 0 Å². The molecule has 0 aliphatic heterocycles. The fourth-order valence-corrected chi connectivity index (χ4v) is 1.45. The molecule has 0 saturated heterocycles. The van der Waals surface area contributed by atoms with Crippen molar-refractivity contribution in [2.24, 2.45) is 0 Å². The Labute approximate surface area is 88.4 Å². The normalized spacial score (nSPS) is 10.0. The van der Waals surface area contributed by atoms with Gasteiger partial charge in [0.05, 0.1) is 0 Å². The van der Waals surface area contributed by atoms with Crippen LogP contribution in [0.25, 0.3) is 11.3 Å². The van der Waals surface area contributed by atoms with Gasteiger partial charge in [-0.3, -0.25) is 0 Å². The molecule has 0 aliphatic carbocycles. The van der Waals surface area contributed by atoms with E-state index in [1.807, 2.05) is 32.2 Å². The molecular formula is C11H12N4. The van der Waals surface area contributed by atoms with Crippen molar-refractivity contribution in [1.82, 2.24) is 15.2 Å². The van der Waals surface area contributed by atoms with Gasteiger partial charge in [0.15, 0.2) is 5.82 Å². The molecule has 0 atom stereocenters. The van der Waals surface area contributed by atoms with Crippen molar-refractivity contribution in [3.8, 4) is 11.3 Å². The number of hydrogen-bond donors (Lipinski definition) is 1. The van der Waals surface area contributed by atoms with Gasteiger partial charge in [-0.1, -0.05) is 23.8 Å². The van der Waals surface area contributed by atoms with Crippen LogP contribution in [0.5, 0.6) is 0 Å². The van der Waals surface area contributed by atoms with Gasteiger partial charge >= 0.3 is 0 Å². The summed E-state index contributed by atoms with van der Waals surface area (Å²) in [5, 5.41) is 10.9. The Morgan fingerprint density at radius 2 is 2.13 bits per heavy atom. The van der Waals surface area contributed by atoms with Crippen LogP contribution in [0.15, 0.2) is 30.6 Å². The van der Waals surface area contributed by atoms with E-state index in [9.17, 15) is 0 Å². The van der Waals surface area contributed by atoms with E-state index in [2.05, 4.69) is 26.6 Å². The fraction of sp³-hybridized carbons (Fsp3) is 0.182. The third-order valence-electron chi connectivity index (χ3n) is 2.15. The summed E-state index contributed by atoms with van der Waals surface area (Å²) in [5.74, 6) is 0.746. The summed E-state index contributed by atoms with van der Waals surface area (Å²) in [4.78, 5) is 4.12. The number of hydrogen-bond acceptors (Lipinski definition) is 4. The molecule has 1 aromatic heterocycles. The molecule has 0 unspecified atom stereocenters. The molecule has 0 aliphatic rings. The third-order valence-corrected chi connectivity index (χ3v) is 2.15. The summed E-state index contributed by atoms with van der Waals surface area (Å²) in [6.45, 7) is 2.05. The summed E-state index contributed by atoms with van der Waals surface area (Å²) in [7, 11) is 1.82. The van der Waals surface area contributed by atoms with E-state index >= 15 is 0 Å². The van der Waals surface area contributed by atoms with Crippen molar-refractivity contribution in [3.63, 3.8) is 0 Å². The van der Waals surface area contributed by atoms with Crippen molar-refractivity contribution in [2.45, 2.75) is 6.92 Å². The Morgan fingerprint density at radius 1 is 1.27 bits per heavy atom. The summed E-state index contributed by atoms with van der Waals surface area (Å²) in [5.41, 5.74) is 3.00. The lowest BCUT2D eigenvalue weighted by molar-refractivity contribution is 0.977. The predicted molar refractivity (Wildman–Crippen MR) is 59.5 cm³/mol. The van der Waals surface area contributed by atoms with Crippen LogP contribution in [-0.4, -0.2) is 22.2 Å². The van der Waals surface area contributed by atoms with Crippen LogP contribution in [0.3, 0.4) is 0 Å². The van der Waals surface area contributed by atoms with E-state index in [1.165, 1.54) is 11.9 Å². The van der Waals surface area contributed by atoms with Crippen molar-refractivity contribution in [1.29, 1.82) is 0 Å². The van der Waals surface area contributed by atoms with Gasteiger partial charge in [0.25, 0.3) is 0 Å². The average Bonchev–Trinajstić information content (AvgIpc) is 2.29. The first kappa shape index (κ1) is 9.58. The SMILES string of the molecule is CNc1ncnnc1-c1cccc(C)c1. The number of benzene rings is 1. The molecule has 0 bridgehead atoms. The van der Waals surface area contributed by atoms with Gasteiger partial charge in [-0.15, -0.1) is 10.2 Å². The highest BCUT2D eigenvalue weighted by Gasteiger charge is 2.06. The van der Waals surface area contributed by atoms with E-state index in [1.54, 1.807) is 0 Å². The number of aryl methyl sites for hydroxylation is 1. The molecule has 0 radical (unpaired) electrons. The highest BCUT2D eigenvalue weighted by atomic mass is 15.2. The molecule has 0 saturated carbocycles. The predicted octanol–water partition coefficient (Wildman–Crippen LogP) is 1.89. The largest absolute Gasteiger partial charge is 0.371 e. The molecule has 2 rings (SSSR count). The topological polar surface area (TPSA) is 50.7 Å². The highest BCUT2D eigenvalue weighted by Crippen LogP contribution is 2.22. The number of nitrogens with one attached hydrogen (secondary N) is 1. The van der Waals surface area contributed by atoms with E-state index in [0.29, 0.717) is 0 Å². The Bertz CT molecular complexity index is 468. The second kappa shape index (κ2) is 4.04. The molecule has 1 aromatic carbocycles. The molecule has 0 spiro atoms. The minimum absolute atomic E-state index is 0.746. The number of nitrogens with zero attached hydrogens (tertiary/aromatic N) is 3. The third kappa shape index (κ3) is 1.93. The maximum absolute atomic E-state index is 4.12. The average molecular weight is 200 g/mol. The first-order chi connectivity index (χ1) is 7.31. The lowest BCUT2D eigenvalue weighted by atomic mass is 10.1. The van der Waals surface area contributed by atoms with Crippen molar-refractivity contribution in [3.05, 3.63) is 36.2 Å². The molecule has 2 aromatic rings. The van der Waals surface area contributed by atoms with Gasteiger partial charge in [-0.05, 0) is 13.0 Å². The summed E-state index contributed by atoms with van der Waals surface area (Å²) in [6, 6.07) is 8.11. The van der Waals surface area contributed by atoms with E-state index in [0.717, 1.165) is 17.1 Å². The molecule has 1 N–H and O–H groups in total. The zero-order chi connectivity index (χ0) is 10.7.